The maximum absolute atomic E-state index is 13.1. The van der Waals surface area contributed by atoms with Crippen LogP contribution >= 0.6 is 0 Å². The zero-order chi connectivity index (χ0) is 21.5. The quantitative estimate of drug-likeness (QED) is 0.622. The van der Waals surface area contributed by atoms with Crippen LogP contribution < -0.4 is 15.8 Å². The number of anilines is 1. The van der Waals surface area contributed by atoms with Gasteiger partial charge in [-0.25, -0.2) is 4.39 Å². The van der Waals surface area contributed by atoms with Gasteiger partial charge in [-0.3, -0.25) is 25.3 Å². The van der Waals surface area contributed by atoms with Crippen LogP contribution in [0, 0.1) is 5.82 Å². The molecule has 0 spiro atoms. The Balaban J connectivity index is 1.50. The van der Waals surface area contributed by atoms with E-state index in [4.69, 9.17) is 0 Å². The van der Waals surface area contributed by atoms with E-state index in [0.717, 1.165) is 37.2 Å². The van der Waals surface area contributed by atoms with E-state index in [1.807, 2.05) is 17.0 Å². The molecule has 0 heterocycles. The van der Waals surface area contributed by atoms with Crippen molar-refractivity contribution in [1.29, 1.82) is 0 Å². The number of amides is 2. The second-order valence-electron chi connectivity index (χ2n) is 7.48. The highest BCUT2D eigenvalue weighted by Gasteiger charge is 2.30. The molecule has 1 saturated carbocycles. The van der Waals surface area contributed by atoms with Crippen molar-refractivity contribution in [3.8, 4) is 0 Å². The fourth-order valence-corrected chi connectivity index (χ4v) is 3.41. The van der Waals surface area contributed by atoms with Crippen LogP contribution in [0.5, 0.6) is 0 Å². The molecule has 7 heteroatoms. The molecule has 0 unspecified atom stereocenters. The summed E-state index contributed by atoms with van der Waals surface area (Å²) in [5.74, 6) is -0.912. The summed E-state index contributed by atoms with van der Waals surface area (Å²) in [6.07, 6.45) is 2.08. The van der Waals surface area contributed by atoms with Gasteiger partial charge in [-0.2, -0.15) is 0 Å². The Morgan fingerprint density at radius 2 is 1.60 bits per heavy atom. The van der Waals surface area contributed by atoms with Crippen LogP contribution in [-0.2, 0) is 11.3 Å². The van der Waals surface area contributed by atoms with Crippen molar-refractivity contribution in [2.45, 2.75) is 39.3 Å². The van der Waals surface area contributed by atoms with E-state index in [-0.39, 0.29) is 24.2 Å². The Kier molecular flexibility index (Phi) is 7.41. The van der Waals surface area contributed by atoms with Crippen molar-refractivity contribution < 1.29 is 14.0 Å². The van der Waals surface area contributed by atoms with Gasteiger partial charge >= 0.3 is 0 Å². The number of halogens is 1. The first-order chi connectivity index (χ1) is 14.5. The van der Waals surface area contributed by atoms with Crippen LogP contribution in [0.15, 0.2) is 48.5 Å². The lowest BCUT2D eigenvalue weighted by Crippen LogP contribution is -2.46. The molecule has 6 nitrogen and oxygen atoms in total. The van der Waals surface area contributed by atoms with Crippen molar-refractivity contribution in [2.75, 3.05) is 24.5 Å². The Bertz CT molecular complexity index is 847. The minimum absolute atomic E-state index is 0.170. The minimum Gasteiger partial charge on any atom is -0.372 e. The summed E-state index contributed by atoms with van der Waals surface area (Å²) in [5.41, 5.74) is 7.47. The molecule has 160 valence electrons. The lowest BCUT2D eigenvalue weighted by Gasteiger charge is -2.22. The van der Waals surface area contributed by atoms with Crippen LogP contribution in [0.4, 0.5) is 10.1 Å². The zero-order valence-electron chi connectivity index (χ0n) is 17.5. The molecule has 3 rings (SSSR count). The Morgan fingerprint density at radius 1 is 0.967 bits per heavy atom. The van der Waals surface area contributed by atoms with Gasteiger partial charge in [0, 0.05) is 36.9 Å². The first-order valence-electron chi connectivity index (χ1n) is 10.4. The topological polar surface area (TPSA) is 64.7 Å². The van der Waals surface area contributed by atoms with E-state index in [0.29, 0.717) is 18.2 Å². The number of benzene rings is 2. The first-order valence-corrected chi connectivity index (χ1v) is 10.4. The number of hydrazine groups is 1. The Morgan fingerprint density at radius 3 is 2.17 bits per heavy atom. The van der Waals surface area contributed by atoms with Crippen molar-refractivity contribution in [3.05, 3.63) is 65.5 Å². The van der Waals surface area contributed by atoms with Gasteiger partial charge in [0.1, 0.15) is 5.82 Å². The molecule has 1 aliphatic rings. The van der Waals surface area contributed by atoms with E-state index in [1.54, 1.807) is 24.3 Å². The molecule has 1 fully saturated rings. The lowest BCUT2D eigenvalue weighted by molar-refractivity contribution is -0.123. The molecule has 0 atom stereocenters. The van der Waals surface area contributed by atoms with E-state index >= 15 is 0 Å². The van der Waals surface area contributed by atoms with Crippen molar-refractivity contribution in [2.24, 2.45) is 0 Å². The predicted molar refractivity (Wildman–Crippen MR) is 115 cm³/mol. The molecular formula is C23H29FN4O2. The third kappa shape index (κ3) is 6.03. The summed E-state index contributed by atoms with van der Waals surface area (Å²) < 4.78 is 13.1. The van der Waals surface area contributed by atoms with E-state index in [9.17, 15) is 14.0 Å². The van der Waals surface area contributed by atoms with Gasteiger partial charge in [-0.1, -0.05) is 12.1 Å². The highest BCUT2D eigenvalue weighted by Crippen LogP contribution is 2.28. The van der Waals surface area contributed by atoms with Crippen molar-refractivity contribution >= 4 is 17.5 Å². The molecule has 2 N–H and O–H groups in total. The van der Waals surface area contributed by atoms with Crippen LogP contribution in [0.3, 0.4) is 0 Å². The number of rotatable bonds is 9. The smallest absolute Gasteiger partial charge is 0.269 e. The number of carbonyl (C=O) groups excluding carboxylic acids is 2. The largest absolute Gasteiger partial charge is 0.372 e. The molecule has 0 aromatic heterocycles. The van der Waals surface area contributed by atoms with Crippen LogP contribution in [0.25, 0.3) is 0 Å². The average Bonchev–Trinajstić information content (AvgIpc) is 3.60. The maximum Gasteiger partial charge on any atom is 0.269 e. The number of nitrogens with one attached hydrogen (secondary N) is 2. The molecule has 0 radical (unpaired) electrons. The standard InChI is InChI=1S/C23H29FN4O2/c1-3-27(4-2)20-11-7-18(8-12-20)23(30)26-25-22(29)16-28(21-13-14-21)15-17-5-9-19(24)10-6-17/h5-12,21H,3-4,13-16H2,1-2H3,(H,25,29)(H,26,30). The molecule has 0 saturated heterocycles. The molecule has 2 amide bonds. The van der Waals surface area contributed by atoms with Crippen molar-refractivity contribution in [3.63, 3.8) is 0 Å². The Labute approximate surface area is 177 Å². The summed E-state index contributed by atoms with van der Waals surface area (Å²) in [5, 5.41) is 0. The summed E-state index contributed by atoms with van der Waals surface area (Å²) in [4.78, 5) is 28.9. The second kappa shape index (κ2) is 10.2. The monoisotopic (exact) mass is 412 g/mol. The molecule has 0 aliphatic heterocycles. The van der Waals surface area contributed by atoms with Crippen molar-refractivity contribution in [1.82, 2.24) is 15.8 Å². The number of hydrogen-bond acceptors (Lipinski definition) is 4. The van der Waals surface area contributed by atoms with Crippen LogP contribution in [-0.4, -0.2) is 42.4 Å². The normalized spacial score (nSPS) is 13.2. The molecule has 2 aromatic carbocycles. The number of carbonyl (C=O) groups is 2. The molecule has 1 aliphatic carbocycles. The summed E-state index contributed by atoms with van der Waals surface area (Å²) >= 11 is 0. The van der Waals surface area contributed by atoms with E-state index in [2.05, 4.69) is 29.6 Å². The van der Waals surface area contributed by atoms with Crippen LogP contribution in [0.2, 0.25) is 0 Å². The lowest BCUT2D eigenvalue weighted by atomic mass is 10.2. The van der Waals surface area contributed by atoms with Crippen LogP contribution in [0.1, 0.15) is 42.6 Å². The molecule has 30 heavy (non-hydrogen) atoms. The van der Waals surface area contributed by atoms with E-state index < -0.39 is 0 Å². The third-order valence-electron chi connectivity index (χ3n) is 5.28. The van der Waals surface area contributed by atoms with Gasteiger partial charge in [0.15, 0.2) is 0 Å². The molecule has 2 aromatic rings. The minimum atomic E-state index is -0.356. The highest BCUT2D eigenvalue weighted by molar-refractivity contribution is 5.95. The second-order valence-corrected chi connectivity index (χ2v) is 7.48. The fourth-order valence-electron chi connectivity index (χ4n) is 3.41. The Hall–Kier alpha value is -2.93. The van der Waals surface area contributed by atoms with Gasteiger partial charge in [-0.15, -0.1) is 0 Å². The first kappa shape index (κ1) is 21.8. The SMILES string of the molecule is CCN(CC)c1ccc(C(=O)NNC(=O)CN(Cc2ccc(F)cc2)C2CC2)cc1. The number of nitrogens with zero attached hydrogens (tertiary/aromatic N) is 2. The summed E-state index contributed by atoms with van der Waals surface area (Å²) in [6.45, 7) is 6.70. The van der Waals surface area contributed by atoms with Gasteiger partial charge in [0.2, 0.25) is 0 Å². The number of hydrogen-bond donors (Lipinski definition) is 2. The average molecular weight is 413 g/mol. The third-order valence-corrected chi connectivity index (χ3v) is 5.28. The highest BCUT2D eigenvalue weighted by atomic mass is 19.1. The van der Waals surface area contributed by atoms with Gasteiger partial charge in [0.05, 0.1) is 6.54 Å². The summed E-state index contributed by atoms with van der Waals surface area (Å²) in [6, 6.07) is 14.0. The zero-order valence-corrected chi connectivity index (χ0v) is 17.5. The van der Waals surface area contributed by atoms with Gasteiger partial charge in [-0.05, 0) is 68.7 Å². The summed E-state index contributed by atoms with van der Waals surface area (Å²) in [7, 11) is 0. The molecule has 0 bridgehead atoms. The predicted octanol–water partition coefficient (Wildman–Crippen LogP) is 3.10. The van der Waals surface area contributed by atoms with E-state index in [1.165, 1.54) is 12.1 Å². The van der Waals surface area contributed by atoms with Gasteiger partial charge < -0.3 is 4.90 Å². The van der Waals surface area contributed by atoms with Gasteiger partial charge in [0.25, 0.3) is 11.8 Å². The maximum atomic E-state index is 13.1. The fraction of sp³-hybridized carbons (Fsp3) is 0.391. The molecular weight excluding hydrogens is 383 g/mol.